The highest BCUT2D eigenvalue weighted by atomic mass is 16.1. The molecule has 0 bridgehead atoms. The number of amides is 1. The number of nitrogens with two attached hydrogens (primary N) is 1. The van der Waals surface area contributed by atoms with Gasteiger partial charge in [-0.3, -0.25) is 9.48 Å². The molecular formula is C15H23N5O. The Morgan fingerprint density at radius 1 is 1.38 bits per heavy atom. The Kier molecular flexibility index (Phi) is 4.67. The molecule has 3 N–H and O–H groups in total. The third-order valence-electron chi connectivity index (χ3n) is 3.38. The summed E-state index contributed by atoms with van der Waals surface area (Å²) in [6.45, 7) is 5.39. The minimum absolute atomic E-state index is 0.106. The van der Waals surface area contributed by atoms with Crippen LogP contribution in [-0.4, -0.2) is 20.3 Å². The average Bonchev–Trinajstić information content (AvgIpc) is 2.99. The maximum absolute atomic E-state index is 12.3. The van der Waals surface area contributed by atoms with Gasteiger partial charge in [0, 0.05) is 38.1 Å². The second-order valence-electron chi connectivity index (χ2n) is 5.16. The van der Waals surface area contributed by atoms with Crippen molar-refractivity contribution in [2.24, 2.45) is 7.05 Å². The van der Waals surface area contributed by atoms with Gasteiger partial charge in [-0.2, -0.15) is 5.10 Å². The zero-order valence-corrected chi connectivity index (χ0v) is 12.9. The summed E-state index contributed by atoms with van der Waals surface area (Å²) in [6.07, 6.45) is 5.56. The molecule has 2 heterocycles. The maximum Gasteiger partial charge on any atom is 0.268 e. The fraction of sp³-hybridized carbons (Fsp3) is 0.467. The van der Waals surface area contributed by atoms with E-state index in [-0.39, 0.29) is 5.91 Å². The molecule has 0 aliphatic carbocycles. The number of carbonyl (C=O) groups is 1. The Balaban J connectivity index is 2.08. The van der Waals surface area contributed by atoms with Crippen LogP contribution in [0.25, 0.3) is 0 Å². The van der Waals surface area contributed by atoms with Crippen molar-refractivity contribution in [3.63, 3.8) is 0 Å². The lowest BCUT2D eigenvalue weighted by atomic mass is 10.2. The Bertz CT molecular complexity index is 626. The molecule has 0 aliphatic rings. The van der Waals surface area contributed by atoms with E-state index < -0.39 is 0 Å². The minimum Gasteiger partial charge on any atom is -0.397 e. The number of nitrogen functional groups attached to an aromatic ring is 1. The second kappa shape index (κ2) is 6.47. The molecule has 0 fully saturated rings. The number of hydrogen-bond donors (Lipinski definition) is 2. The van der Waals surface area contributed by atoms with Crippen LogP contribution in [0.5, 0.6) is 0 Å². The fourth-order valence-electron chi connectivity index (χ4n) is 2.44. The van der Waals surface area contributed by atoms with Gasteiger partial charge >= 0.3 is 0 Å². The summed E-state index contributed by atoms with van der Waals surface area (Å²) in [7, 11) is 1.89. The molecule has 6 nitrogen and oxygen atoms in total. The van der Waals surface area contributed by atoms with Crippen molar-refractivity contribution < 1.29 is 4.79 Å². The van der Waals surface area contributed by atoms with Crippen molar-refractivity contribution in [2.75, 3.05) is 5.73 Å². The summed E-state index contributed by atoms with van der Waals surface area (Å²) in [4.78, 5) is 12.3. The SMILES string of the molecule is CCCn1cc(N)cc1C(=O)NCc1cn(C)nc1CC. The van der Waals surface area contributed by atoms with Gasteiger partial charge in [0.1, 0.15) is 5.69 Å². The number of aryl methyl sites for hydroxylation is 3. The summed E-state index contributed by atoms with van der Waals surface area (Å²) >= 11 is 0. The third-order valence-corrected chi connectivity index (χ3v) is 3.38. The molecule has 0 atom stereocenters. The topological polar surface area (TPSA) is 77.9 Å². The van der Waals surface area contributed by atoms with E-state index in [1.54, 1.807) is 16.9 Å². The molecule has 6 heteroatoms. The Hall–Kier alpha value is -2.24. The zero-order chi connectivity index (χ0) is 15.4. The van der Waals surface area contributed by atoms with Gasteiger partial charge in [-0.15, -0.1) is 0 Å². The molecule has 1 amide bonds. The molecule has 2 aromatic heterocycles. The molecule has 0 radical (unpaired) electrons. The van der Waals surface area contributed by atoms with E-state index in [1.807, 2.05) is 17.8 Å². The quantitative estimate of drug-likeness (QED) is 0.849. The zero-order valence-electron chi connectivity index (χ0n) is 12.9. The number of nitrogens with one attached hydrogen (secondary N) is 1. The van der Waals surface area contributed by atoms with Crippen molar-refractivity contribution in [1.29, 1.82) is 0 Å². The maximum atomic E-state index is 12.3. The first-order chi connectivity index (χ1) is 10.0. The number of rotatable bonds is 6. The molecule has 0 saturated carbocycles. The third kappa shape index (κ3) is 3.45. The van der Waals surface area contributed by atoms with Crippen molar-refractivity contribution >= 4 is 11.6 Å². The number of carbonyl (C=O) groups excluding carboxylic acids is 1. The van der Waals surface area contributed by atoms with E-state index in [0.29, 0.717) is 17.9 Å². The second-order valence-corrected chi connectivity index (χ2v) is 5.16. The summed E-state index contributed by atoms with van der Waals surface area (Å²) in [5, 5.41) is 7.32. The first kappa shape index (κ1) is 15.2. The highest BCUT2D eigenvalue weighted by molar-refractivity contribution is 5.93. The normalized spacial score (nSPS) is 10.8. The van der Waals surface area contributed by atoms with Crippen LogP contribution in [0.2, 0.25) is 0 Å². The Labute approximate surface area is 124 Å². The largest absolute Gasteiger partial charge is 0.397 e. The van der Waals surface area contributed by atoms with Crippen LogP contribution in [-0.2, 0) is 26.6 Å². The molecular weight excluding hydrogens is 266 g/mol. The van der Waals surface area contributed by atoms with E-state index in [4.69, 9.17) is 5.73 Å². The lowest BCUT2D eigenvalue weighted by Crippen LogP contribution is -2.25. The van der Waals surface area contributed by atoms with Gasteiger partial charge in [0.25, 0.3) is 5.91 Å². The van der Waals surface area contributed by atoms with Crippen molar-refractivity contribution in [3.05, 3.63) is 35.4 Å². The molecule has 2 aromatic rings. The van der Waals surface area contributed by atoms with Crippen LogP contribution in [0.4, 0.5) is 5.69 Å². The lowest BCUT2D eigenvalue weighted by molar-refractivity contribution is 0.0941. The fourth-order valence-corrected chi connectivity index (χ4v) is 2.44. The summed E-state index contributed by atoms with van der Waals surface area (Å²) < 4.78 is 3.67. The van der Waals surface area contributed by atoms with Crippen LogP contribution in [0, 0.1) is 0 Å². The molecule has 2 rings (SSSR count). The van der Waals surface area contributed by atoms with Gasteiger partial charge < -0.3 is 15.6 Å². The van der Waals surface area contributed by atoms with Crippen LogP contribution in [0.15, 0.2) is 18.5 Å². The van der Waals surface area contributed by atoms with Gasteiger partial charge in [-0.1, -0.05) is 13.8 Å². The van der Waals surface area contributed by atoms with Crippen LogP contribution in [0.1, 0.15) is 42.0 Å². The number of aromatic nitrogens is 3. The predicted molar refractivity (Wildman–Crippen MR) is 82.9 cm³/mol. The first-order valence-corrected chi connectivity index (χ1v) is 7.30. The van der Waals surface area contributed by atoms with Gasteiger partial charge in [-0.25, -0.2) is 0 Å². The molecule has 0 spiro atoms. The standard InChI is InChI=1S/C15H23N5O/c1-4-6-20-10-12(16)7-14(20)15(21)17-8-11-9-19(3)18-13(11)5-2/h7,9-10H,4-6,8,16H2,1-3H3,(H,17,21). The van der Waals surface area contributed by atoms with E-state index in [0.717, 1.165) is 30.6 Å². The molecule has 0 unspecified atom stereocenters. The van der Waals surface area contributed by atoms with Gasteiger partial charge in [-0.05, 0) is 18.9 Å². The molecule has 114 valence electrons. The monoisotopic (exact) mass is 289 g/mol. The minimum atomic E-state index is -0.106. The molecule has 0 aromatic carbocycles. The Morgan fingerprint density at radius 3 is 2.81 bits per heavy atom. The number of nitrogens with zero attached hydrogens (tertiary/aromatic N) is 3. The summed E-state index contributed by atoms with van der Waals surface area (Å²) in [5.41, 5.74) is 9.08. The molecule has 21 heavy (non-hydrogen) atoms. The van der Waals surface area contributed by atoms with E-state index >= 15 is 0 Å². The Morgan fingerprint density at radius 2 is 2.14 bits per heavy atom. The van der Waals surface area contributed by atoms with Crippen molar-refractivity contribution in [2.45, 2.75) is 39.8 Å². The average molecular weight is 289 g/mol. The lowest BCUT2D eigenvalue weighted by Gasteiger charge is -2.08. The predicted octanol–water partition coefficient (Wildman–Crippen LogP) is 1.71. The molecule has 0 saturated heterocycles. The molecule has 0 aliphatic heterocycles. The number of hydrogen-bond acceptors (Lipinski definition) is 3. The van der Waals surface area contributed by atoms with Crippen molar-refractivity contribution in [3.8, 4) is 0 Å². The van der Waals surface area contributed by atoms with Crippen LogP contribution >= 0.6 is 0 Å². The van der Waals surface area contributed by atoms with E-state index in [1.165, 1.54) is 0 Å². The van der Waals surface area contributed by atoms with Gasteiger partial charge in [0.15, 0.2) is 0 Å². The summed E-state index contributed by atoms with van der Waals surface area (Å²) in [5.74, 6) is -0.106. The van der Waals surface area contributed by atoms with E-state index in [2.05, 4.69) is 24.3 Å². The van der Waals surface area contributed by atoms with Gasteiger partial charge in [0.05, 0.1) is 11.4 Å². The highest BCUT2D eigenvalue weighted by Crippen LogP contribution is 2.12. The summed E-state index contributed by atoms with van der Waals surface area (Å²) in [6, 6.07) is 1.72. The van der Waals surface area contributed by atoms with Crippen LogP contribution in [0.3, 0.4) is 0 Å². The van der Waals surface area contributed by atoms with Gasteiger partial charge in [0.2, 0.25) is 0 Å². The first-order valence-electron chi connectivity index (χ1n) is 7.30. The van der Waals surface area contributed by atoms with Crippen molar-refractivity contribution in [1.82, 2.24) is 19.7 Å². The van der Waals surface area contributed by atoms with Crippen LogP contribution < -0.4 is 11.1 Å². The number of anilines is 1. The van der Waals surface area contributed by atoms with E-state index in [9.17, 15) is 4.79 Å². The highest BCUT2D eigenvalue weighted by Gasteiger charge is 2.13. The smallest absolute Gasteiger partial charge is 0.268 e.